The smallest absolute Gasteiger partial charge is 0.414 e. The Morgan fingerprint density at radius 3 is 2.57 bits per heavy atom. The van der Waals surface area contributed by atoms with Crippen molar-refractivity contribution >= 4 is 22.8 Å². The van der Waals surface area contributed by atoms with Crippen LogP contribution in [0.2, 0.25) is 0 Å². The molecule has 250 valence electrons. The number of ether oxygens (including phenoxy) is 2. The minimum atomic E-state index is -4.69. The van der Waals surface area contributed by atoms with E-state index < -0.39 is 42.6 Å². The number of halogens is 4. The number of hydrogen-bond donors (Lipinski definition) is 2. The van der Waals surface area contributed by atoms with Gasteiger partial charge in [0.1, 0.15) is 23.6 Å². The van der Waals surface area contributed by atoms with Crippen molar-refractivity contribution in [3.8, 4) is 22.9 Å². The van der Waals surface area contributed by atoms with Crippen LogP contribution in [0, 0.1) is 6.92 Å². The number of aryl methyl sites for hydroxylation is 2. The molecule has 5 rings (SSSR count). The monoisotopic (exact) mass is 655 g/mol. The van der Waals surface area contributed by atoms with Gasteiger partial charge >= 0.3 is 12.3 Å². The summed E-state index contributed by atoms with van der Waals surface area (Å²) in [6, 6.07) is 13.7. The highest BCUT2D eigenvalue weighted by atomic mass is 19.4. The van der Waals surface area contributed by atoms with Crippen molar-refractivity contribution in [2.75, 3.05) is 18.4 Å². The summed E-state index contributed by atoms with van der Waals surface area (Å²) in [6.07, 6.45) is -6.12. The molecule has 3 heterocycles. The van der Waals surface area contributed by atoms with E-state index >= 15 is 0 Å². The first-order valence-corrected chi connectivity index (χ1v) is 15.3. The molecule has 9 nitrogen and oxygen atoms in total. The molecule has 0 aliphatic carbocycles. The van der Waals surface area contributed by atoms with Gasteiger partial charge < -0.3 is 24.8 Å². The predicted octanol–water partition coefficient (Wildman–Crippen LogP) is 7.41. The predicted molar refractivity (Wildman–Crippen MR) is 169 cm³/mol. The van der Waals surface area contributed by atoms with E-state index in [9.17, 15) is 27.5 Å². The van der Waals surface area contributed by atoms with E-state index in [0.29, 0.717) is 33.3 Å². The Hall–Kier alpha value is -4.52. The van der Waals surface area contributed by atoms with E-state index in [2.05, 4.69) is 20.3 Å². The SMILES string of the molecule is Cc1ccc2c(CC[C@H](O)C(F)(F)F)cccc2c1Oc1ncccc1-c1ccnc(NC2CC(F)CN(C(=O)OC(C)(C)C)C2)n1. The molecule has 2 aromatic heterocycles. The summed E-state index contributed by atoms with van der Waals surface area (Å²) in [5, 5.41) is 14.1. The number of benzene rings is 2. The second kappa shape index (κ2) is 13.7. The second-order valence-electron chi connectivity index (χ2n) is 12.6. The number of fused-ring (bicyclic) bond motifs is 1. The lowest BCUT2D eigenvalue weighted by Gasteiger charge is -2.36. The average molecular weight is 656 g/mol. The van der Waals surface area contributed by atoms with Gasteiger partial charge in [-0.15, -0.1) is 0 Å². The Bertz CT molecular complexity index is 1730. The molecule has 1 amide bonds. The molecule has 0 spiro atoms. The molecule has 0 bridgehead atoms. The first kappa shape index (κ1) is 33.8. The van der Waals surface area contributed by atoms with E-state index in [-0.39, 0.29) is 37.8 Å². The highest BCUT2D eigenvalue weighted by molar-refractivity contribution is 5.92. The number of hydrogen-bond acceptors (Lipinski definition) is 8. The van der Waals surface area contributed by atoms with Gasteiger partial charge in [0, 0.05) is 36.8 Å². The minimum Gasteiger partial charge on any atom is -0.444 e. The lowest BCUT2D eigenvalue weighted by atomic mass is 9.97. The Morgan fingerprint density at radius 1 is 1.04 bits per heavy atom. The number of pyridine rings is 1. The molecule has 4 aromatic rings. The van der Waals surface area contributed by atoms with E-state index in [1.54, 1.807) is 63.5 Å². The summed E-state index contributed by atoms with van der Waals surface area (Å²) in [4.78, 5) is 27.3. The van der Waals surface area contributed by atoms with Crippen LogP contribution in [0.3, 0.4) is 0 Å². The maximum Gasteiger partial charge on any atom is 0.414 e. The molecule has 1 saturated heterocycles. The van der Waals surface area contributed by atoms with Crippen molar-refractivity contribution in [2.45, 2.75) is 77.1 Å². The van der Waals surface area contributed by atoms with Crippen LogP contribution in [-0.4, -0.2) is 74.2 Å². The number of piperidine rings is 1. The molecule has 0 radical (unpaired) electrons. The molecule has 1 fully saturated rings. The fourth-order valence-electron chi connectivity index (χ4n) is 5.46. The summed E-state index contributed by atoms with van der Waals surface area (Å²) < 4.78 is 65.3. The topological polar surface area (TPSA) is 110 Å². The van der Waals surface area contributed by atoms with Crippen LogP contribution < -0.4 is 10.1 Å². The van der Waals surface area contributed by atoms with E-state index in [1.165, 1.54) is 4.90 Å². The zero-order chi connectivity index (χ0) is 33.9. The zero-order valence-corrected chi connectivity index (χ0v) is 26.5. The summed E-state index contributed by atoms with van der Waals surface area (Å²) in [7, 11) is 0. The van der Waals surface area contributed by atoms with Crippen molar-refractivity contribution in [3.05, 3.63) is 72.1 Å². The molecule has 47 heavy (non-hydrogen) atoms. The molecule has 1 aliphatic heterocycles. The number of amides is 1. The van der Waals surface area contributed by atoms with Gasteiger partial charge in [-0.25, -0.2) is 24.1 Å². The maximum absolute atomic E-state index is 14.7. The Labute approximate surface area is 270 Å². The summed E-state index contributed by atoms with van der Waals surface area (Å²) >= 11 is 0. The minimum absolute atomic E-state index is 0.0196. The van der Waals surface area contributed by atoms with Gasteiger partial charge in [-0.2, -0.15) is 13.2 Å². The highest BCUT2D eigenvalue weighted by Gasteiger charge is 2.37. The van der Waals surface area contributed by atoms with Crippen LogP contribution in [0.5, 0.6) is 11.6 Å². The number of nitrogens with zero attached hydrogens (tertiary/aromatic N) is 4. The van der Waals surface area contributed by atoms with Crippen molar-refractivity contribution in [2.24, 2.45) is 0 Å². The van der Waals surface area contributed by atoms with Gasteiger partial charge in [-0.3, -0.25) is 0 Å². The normalized spacial score (nSPS) is 17.8. The number of aliphatic hydroxyl groups is 1. The van der Waals surface area contributed by atoms with Crippen molar-refractivity contribution in [1.29, 1.82) is 0 Å². The number of aliphatic hydroxyl groups excluding tert-OH is 1. The molecule has 2 aromatic carbocycles. The Kier molecular flexibility index (Phi) is 9.85. The number of alkyl halides is 4. The number of anilines is 1. The van der Waals surface area contributed by atoms with Crippen molar-refractivity contribution in [3.63, 3.8) is 0 Å². The van der Waals surface area contributed by atoms with Crippen LogP contribution in [0.15, 0.2) is 60.9 Å². The van der Waals surface area contributed by atoms with Gasteiger partial charge in [0.2, 0.25) is 11.8 Å². The van der Waals surface area contributed by atoms with Crippen molar-refractivity contribution in [1.82, 2.24) is 19.9 Å². The first-order chi connectivity index (χ1) is 22.2. The maximum atomic E-state index is 14.7. The van der Waals surface area contributed by atoms with Crippen molar-refractivity contribution < 1.29 is 36.9 Å². The molecule has 3 atom stereocenters. The molecule has 2 unspecified atom stereocenters. The quantitative estimate of drug-likeness (QED) is 0.189. The van der Waals surface area contributed by atoms with Crippen LogP contribution in [-0.2, 0) is 11.2 Å². The highest BCUT2D eigenvalue weighted by Crippen LogP contribution is 2.38. The van der Waals surface area contributed by atoms with E-state index in [4.69, 9.17) is 9.47 Å². The molecule has 0 saturated carbocycles. The van der Waals surface area contributed by atoms with Gasteiger partial charge in [0.05, 0.1) is 17.8 Å². The largest absolute Gasteiger partial charge is 0.444 e. The van der Waals surface area contributed by atoms with Crippen LogP contribution in [0.4, 0.5) is 28.3 Å². The van der Waals surface area contributed by atoms with Crippen LogP contribution in [0.1, 0.15) is 44.7 Å². The molecule has 1 aliphatic rings. The van der Waals surface area contributed by atoms with Gasteiger partial charge in [-0.1, -0.05) is 30.3 Å². The second-order valence-corrected chi connectivity index (χ2v) is 12.6. The molecular weight excluding hydrogens is 618 g/mol. The van der Waals surface area contributed by atoms with Crippen LogP contribution in [0.25, 0.3) is 22.0 Å². The first-order valence-electron chi connectivity index (χ1n) is 15.3. The number of carbonyl (C=O) groups excluding carboxylic acids is 1. The number of carbonyl (C=O) groups is 1. The van der Waals surface area contributed by atoms with Gasteiger partial charge in [0.25, 0.3) is 0 Å². The average Bonchev–Trinajstić information content (AvgIpc) is 3.00. The number of likely N-dealkylation sites (tertiary alicyclic amines) is 1. The fourth-order valence-corrected chi connectivity index (χ4v) is 5.46. The van der Waals surface area contributed by atoms with E-state index in [1.807, 2.05) is 25.1 Å². The zero-order valence-electron chi connectivity index (χ0n) is 26.5. The lowest BCUT2D eigenvalue weighted by molar-refractivity contribution is -0.205. The summed E-state index contributed by atoms with van der Waals surface area (Å²) in [6.45, 7) is 7.26. The molecule has 2 N–H and O–H groups in total. The molecule has 13 heteroatoms. The summed E-state index contributed by atoms with van der Waals surface area (Å²) in [5.41, 5.74) is 1.73. The third kappa shape index (κ3) is 8.45. The number of rotatable bonds is 8. The summed E-state index contributed by atoms with van der Waals surface area (Å²) in [5.74, 6) is 0.947. The number of aromatic nitrogens is 3. The Morgan fingerprint density at radius 2 is 1.83 bits per heavy atom. The Balaban J connectivity index is 1.38. The fraction of sp³-hybridized carbons (Fsp3) is 0.412. The third-order valence-electron chi connectivity index (χ3n) is 7.65. The van der Waals surface area contributed by atoms with Crippen LogP contribution >= 0.6 is 0 Å². The number of nitrogens with one attached hydrogen (secondary N) is 1. The standard InChI is InChI=1S/C34H37F4N5O4/c1-20-10-12-24-21(11-13-28(44)34(36,37)38)7-5-8-25(24)29(20)46-30-26(9-6-15-39-30)27-14-16-40-31(42-27)41-23-17-22(35)18-43(19-23)32(45)47-33(2,3)4/h5-10,12,14-16,22-23,28,44H,11,13,17-19H2,1-4H3,(H,40,41,42)/t22?,23?,28-/m0/s1. The molecular formula is C34H37F4N5O4. The lowest BCUT2D eigenvalue weighted by Crippen LogP contribution is -2.51. The van der Waals surface area contributed by atoms with Gasteiger partial charge in [0.15, 0.2) is 0 Å². The third-order valence-corrected chi connectivity index (χ3v) is 7.65. The van der Waals surface area contributed by atoms with E-state index in [0.717, 1.165) is 5.56 Å². The van der Waals surface area contributed by atoms with Gasteiger partial charge in [-0.05, 0) is 75.2 Å².